The van der Waals surface area contributed by atoms with Gasteiger partial charge in [0.2, 0.25) is 0 Å². The van der Waals surface area contributed by atoms with Crippen LogP contribution in [0.15, 0.2) is 24.3 Å². The first-order chi connectivity index (χ1) is 13.2. The summed E-state index contributed by atoms with van der Waals surface area (Å²) in [6.45, 7) is 10.0. The highest BCUT2D eigenvalue weighted by Crippen LogP contribution is 2.36. The second-order valence-electron chi connectivity index (χ2n) is 7.75. The fourth-order valence-electron chi connectivity index (χ4n) is 3.38. The number of rotatable bonds is 4. The third kappa shape index (κ3) is 5.13. The van der Waals surface area contributed by atoms with Crippen LogP contribution < -0.4 is 0 Å². The molecule has 6 nitrogen and oxygen atoms in total. The van der Waals surface area contributed by atoms with E-state index in [0.29, 0.717) is 31.6 Å². The molecular weight excluding hydrogens is 356 g/mol. The van der Waals surface area contributed by atoms with Gasteiger partial charge in [-0.3, -0.25) is 0 Å². The first-order valence-electron chi connectivity index (χ1n) is 9.53. The van der Waals surface area contributed by atoms with Gasteiger partial charge in [-0.25, -0.2) is 9.59 Å². The van der Waals surface area contributed by atoms with E-state index in [9.17, 15) is 14.9 Å². The van der Waals surface area contributed by atoms with Gasteiger partial charge < -0.3 is 14.4 Å². The lowest BCUT2D eigenvalue weighted by atomic mass is 9.86. The number of hydrogen-bond donors (Lipinski definition) is 0. The van der Waals surface area contributed by atoms with E-state index in [-0.39, 0.29) is 12.1 Å². The minimum absolute atomic E-state index is 0.268. The summed E-state index contributed by atoms with van der Waals surface area (Å²) in [7, 11) is 0. The summed E-state index contributed by atoms with van der Waals surface area (Å²) < 4.78 is 10.5. The first-order valence-corrected chi connectivity index (χ1v) is 9.53. The van der Waals surface area contributed by atoms with E-state index in [2.05, 4.69) is 6.07 Å². The Bertz CT molecular complexity index is 815. The van der Waals surface area contributed by atoms with Gasteiger partial charge in [0.25, 0.3) is 0 Å². The highest BCUT2D eigenvalue weighted by molar-refractivity contribution is 5.81. The summed E-state index contributed by atoms with van der Waals surface area (Å²) >= 11 is 0. The second kappa shape index (κ2) is 8.92. The topological polar surface area (TPSA) is 79.6 Å². The normalized spacial score (nSPS) is 16.4. The number of fused-ring (bicyclic) bond motifs is 1. The molecule has 0 bridgehead atoms. The Hall–Kier alpha value is -2.81. The first kappa shape index (κ1) is 21.5. The quantitative estimate of drug-likeness (QED) is 0.574. The van der Waals surface area contributed by atoms with Crippen molar-refractivity contribution in [2.24, 2.45) is 0 Å². The lowest BCUT2D eigenvalue weighted by Crippen LogP contribution is -2.43. The van der Waals surface area contributed by atoms with Crippen molar-refractivity contribution in [2.45, 2.75) is 59.1 Å². The summed E-state index contributed by atoms with van der Waals surface area (Å²) in [4.78, 5) is 26.1. The molecule has 0 spiro atoms. The molecule has 1 aromatic rings. The summed E-state index contributed by atoms with van der Waals surface area (Å²) in [5, 5.41) is 9.31. The molecule has 6 heteroatoms. The lowest BCUT2D eigenvalue weighted by Gasteiger charge is -2.38. The van der Waals surface area contributed by atoms with Crippen LogP contribution in [0.2, 0.25) is 0 Å². The second-order valence-corrected chi connectivity index (χ2v) is 7.75. The number of ether oxygens (including phenoxy) is 2. The van der Waals surface area contributed by atoms with Crippen molar-refractivity contribution in [1.29, 1.82) is 5.26 Å². The van der Waals surface area contributed by atoms with Crippen molar-refractivity contribution in [1.82, 2.24) is 4.90 Å². The van der Waals surface area contributed by atoms with Crippen LogP contribution in [0.5, 0.6) is 0 Å². The van der Waals surface area contributed by atoms with Crippen molar-refractivity contribution in [3.8, 4) is 6.07 Å². The Kier molecular flexibility index (Phi) is 6.85. The number of carbonyl (C=O) groups is 2. The molecule has 1 unspecified atom stereocenters. The molecule has 0 N–H and O–H groups in total. The molecular formula is C22H28N2O4. The summed E-state index contributed by atoms with van der Waals surface area (Å²) in [6.07, 6.45) is 3.85. The SMILES string of the molecule is CCOC(=O)/C=C/CC1c2ccc(C#N)c(C)c2CCN1C(=O)OC(C)(C)C. The van der Waals surface area contributed by atoms with Gasteiger partial charge in [-0.05, 0) is 70.2 Å². The average Bonchev–Trinajstić information content (AvgIpc) is 2.61. The number of nitriles is 1. The smallest absolute Gasteiger partial charge is 0.410 e. The maximum Gasteiger partial charge on any atom is 0.410 e. The van der Waals surface area contributed by atoms with E-state index in [1.807, 2.05) is 33.8 Å². The zero-order chi connectivity index (χ0) is 20.9. The molecule has 2 rings (SSSR count). The van der Waals surface area contributed by atoms with Crippen molar-refractivity contribution in [2.75, 3.05) is 13.2 Å². The molecule has 1 atom stereocenters. The zero-order valence-corrected chi connectivity index (χ0v) is 17.2. The molecule has 1 amide bonds. The maximum absolute atomic E-state index is 12.8. The van der Waals surface area contributed by atoms with Crippen LogP contribution in [0, 0.1) is 18.3 Å². The number of hydrogen-bond acceptors (Lipinski definition) is 5. The molecule has 1 heterocycles. The molecule has 0 radical (unpaired) electrons. The van der Waals surface area contributed by atoms with E-state index in [4.69, 9.17) is 9.47 Å². The Balaban J connectivity index is 2.36. The Labute approximate surface area is 166 Å². The monoisotopic (exact) mass is 384 g/mol. The zero-order valence-electron chi connectivity index (χ0n) is 17.2. The van der Waals surface area contributed by atoms with Gasteiger partial charge in [0.1, 0.15) is 5.60 Å². The third-order valence-electron chi connectivity index (χ3n) is 4.62. The van der Waals surface area contributed by atoms with Gasteiger partial charge >= 0.3 is 12.1 Å². The Morgan fingerprint density at radius 3 is 2.68 bits per heavy atom. The number of nitrogens with zero attached hydrogens (tertiary/aromatic N) is 2. The summed E-state index contributed by atoms with van der Waals surface area (Å²) in [5.74, 6) is -0.404. The third-order valence-corrected chi connectivity index (χ3v) is 4.62. The van der Waals surface area contributed by atoms with Crippen LogP contribution in [0.1, 0.15) is 62.4 Å². The molecule has 1 aliphatic heterocycles. The molecule has 0 saturated heterocycles. The molecule has 0 saturated carbocycles. The minimum atomic E-state index is -0.594. The highest BCUT2D eigenvalue weighted by Gasteiger charge is 2.34. The average molecular weight is 384 g/mol. The number of esters is 1. The molecule has 150 valence electrons. The van der Waals surface area contributed by atoms with E-state index in [1.54, 1.807) is 24.0 Å². The van der Waals surface area contributed by atoms with E-state index < -0.39 is 11.6 Å². The van der Waals surface area contributed by atoms with Crippen molar-refractivity contribution < 1.29 is 19.1 Å². The Morgan fingerprint density at radius 1 is 1.36 bits per heavy atom. The molecule has 28 heavy (non-hydrogen) atoms. The van der Waals surface area contributed by atoms with Gasteiger partial charge in [0, 0.05) is 12.6 Å². The fourth-order valence-corrected chi connectivity index (χ4v) is 3.38. The number of carbonyl (C=O) groups excluding carboxylic acids is 2. The van der Waals surface area contributed by atoms with Gasteiger partial charge in [-0.15, -0.1) is 0 Å². The Morgan fingerprint density at radius 2 is 2.07 bits per heavy atom. The van der Waals surface area contributed by atoms with Crippen LogP contribution in [-0.4, -0.2) is 35.7 Å². The van der Waals surface area contributed by atoms with Crippen molar-refractivity contribution in [3.05, 3.63) is 46.5 Å². The molecule has 0 aliphatic carbocycles. The predicted octanol–water partition coefficient (Wildman–Crippen LogP) is 4.21. The van der Waals surface area contributed by atoms with E-state index >= 15 is 0 Å². The van der Waals surface area contributed by atoms with Crippen LogP contribution >= 0.6 is 0 Å². The van der Waals surface area contributed by atoms with Crippen molar-refractivity contribution >= 4 is 12.1 Å². The molecule has 0 aromatic heterocycles. The van der Waals surface area contributed by atoms with Crippen LogP contribution in [0.3, 0.4) is 0 Å². The standard InChI is InChI=1S/C22H28N2O4/c1-6-27-20(25)9-7-8-19-18-11-10-16(14-23)15(2)17(18)12-13-24(19)21(26)28-22(3,4)5/h7,9-11,19H,6,8,12-13H2,1-5H3/b9-7+. The number of amides is 1. The molecule has 1 aliphatic rings. The number of benzene rings is 1. The predicted molar refractivity (Wildman–Crippen MR) is 106 cm³/mol. The largest absolute Gasteiger partial charge is 0.463 e. The summed E-state index contributed by atoms with van der Waals surface area (Å²) in [5.41, 5.74) is 3.08. The highest BCUT2D eigenvalue weighted by atomic mass is 16.6. The van der Waals surface area contributed by atoms with Crippen molar-refractivity contribution in [3.63, 3.8) is 0 Å². The fraction of sp³-hybridized carbons (Fsp3) is 0.500. The maximum atomic E-state index is 12.8. The van der Waals surface area contributed by atoms with E-state index in [1.165, 1.54) is 6.08 Å². The van der Waals surface area contributed by atoms with Gasteiger partial charge in [0.05, 0.1) is 24.3 Å². The summed E-state index contributed by atoms with van der Waals surface area (Å²) in [6, 6.07) is 5.64. The van der Waals surface area contributed by atoms with Crippen LogP contribution in [-0.2, 0) is 20.7 Å². The van der Waals surface area contributed by atoms with Gasteiger partial charge in [-0.2, -0.15) is 5.26 Å². The van der Waals surface area contributed by atoms with Crippen LogP contribution in [0.4, 0.5) is 4.79 Å². The lowest BCUT2D eigenvalue weighted by molar-refractivity contribution is -0.137. The van der Waals surface area contributed by atoms with Gasteiger partial charge in [0.15, 0.2) is 0 Å². The minimum Gasteiger partial charge on any atom is -0.463 e. The molecule has 0 fully saturated rings. The van der Waals surface area contributed by atoms with E-state index in [0.717, 1.165) is 16.7 Å². The molecule has 1 aromatic carbocycles. The van der Waals surface area contributed by atoms with Crippen LogP contribution in [0.25, 0.3) is 0 Å². The van der Waals surface area contributed by atoms with Gasteiger partial charge in [-0.1, -0.05) is 12.1 Å².